The first-order valence-corrected chi connectivity index (χ1v) is 7.68. The summed E-state index contributed by atoms with van der Waals surface area (Å²) in [6.07, 6.45) is 0.375. The van der Waals surface area contributed by atoms with Crippen LogP contribution in [0.25, 0.3) is 0 Å². The highest BCUT2D eigenvalue weighted by atomic mass is 19.1. The molecule has 0 fully saturated rings. The van der Waals surface area contributed by atoms with Crippen LogP contribution in [0.1, 0.15) is 24.5 Å². The highest BCUT2D eigenvalue weighted by Crippen LogP contribution is 2.20. The molecule has 0 atom stereocenters. The van der Waals surface area contributed by atoms with Gasteiger partial charge in [-0.2, -0.15) is 0 Å². The van der Waals surface area contributed by atoms with Crippen molar-refractivity contribution < 1.29 is 14.0 Å². The minimum absolute atomic E-state index is 0.0871. The number of carbonyl (C=O) groups is 2. The average molecular weight is 329 g/mol. The summed E-state index contributed by atoms with van der Waals surface area (Å²) in [5, 5.41) is 8.05. The monoisotopic (exact) mass is 329 g/mol. The molecular weight excluding hydrogens is 309 g/mol. The molecule has 0 aliphatic heterocycles. The maximum Gasteiger partial charge on any atom is 0.319 e. The van der Waals surface area contributed by atoms with Crippen molar-refractivity contribution in [3.8, 4) is 0 Å². The summed E-state index contributed by atoms with van der Waals surface area (Å²) in [5.74, 6) is -0.466. The maximum absolute atomic E-state index is 13.5. The minimum atomic E-state index is -0.444. The lowest BCUT2D eigenvalue weighted by molar-refractivity contribution is -0.115. The Morgan fingerprint density at radius 1 is 1.08 bits per heavy atom. The Hall–Kier alpha value is -2.89. The third kappa shape index (κ3) is 4.81. The first-order valence-electron chi connectivity index (χ1n) is 7.68. The summed E-state index contributed by atoms with van der Waals surface area (Å²) in [5.41, 5.74) is 2.45. The molecular formula is C18H20FN3O2. The van der Waals surface area contributed by atoms with Crippen LogP contribution in [-0.2, 0) is 11.3 Å². The Labute approximate surface area is 140 Å². The van der Waals surface area contributed by atoms with Gasteiger partial charge in [0.1, 0.15) is 5.82 Å². The molecule has 2 rings (SSSR count). The van der Waals surface area contributed by atoms with Gasteiger partial charge in [0.05, 0.1) is 0 Å². The summed E-state index contributed by atoms with van der Waals surface area (Å²) < 4.78 is 13.5. The van der Waals surface area contributed by atoms with Crippen LogP contribution in [-0.4, -0.2) is 11.9 Å². The number of halogens is 1. The number of anilines is 2. The van der Waals surface area contributed by atoms with Gasteiger partial charge in [-0.25, -0.2) is 9.18 Å². The van der Waals surface area contributed by atoms with E-state index in [0.717, 1.165) is 5.56 Å². The lowest BCUT2D eigenvalue weighted by Crippen LogP contribution is -2.28. The van der Waals surface area contributed by atoms with Crippen LogP contribution in [0.4, 0.5) is 20.6 Å². The molecule has 0 saturated heterocycles. The first kappa shape index (κ1) is 17.5. The average Bonchev–Trinajstić information content (AvgIpc) is 2.57. The van der Waals surface area contributed by atoms with Crippen LogP contribution in [0, 0.1) is 12.7 Å². The van der Waals surface area contributed by atoms with Crippen LogP contribution in [0.15, 0.2) is 42.5 Å². The van der Waals surface area contributed by atoms with E-state index in [2.05, 4.69) is 16.0 Å². The van der Waals surface area contributed by atoms with Crippen molar-refractivity contribution in [2.24, 2.45) is 0 Å². The quantitative estimate of drug-likeness (QED) is 0.781. The largest absolute Gasteiger partial charge is 0.334 e. The molecule has 126 valence electrons. The Morgan fingerprint density at radius 2 is 1.83 bits per heavy atom. The molecule has 24 heavy (non-hydrogen) atoms. The van der Waals surface area contributed by atoms with Gasteiger partial charge in [0.25, 0.3) is 0 Å². The van der Waals surface area contributed by atoms with Gasteiger partial charge in [-0.15, -0.1) is 0 Å². The second-order valence-corrected chi connectivity index (χ2v) is 5.33. The molecule has 0 heterocycles. The highest BCUT2D eigenvalue weighted by Gasteiger charge is 2.08. The number of nitrogens with one attached hydrogen (secondary N) is 3. The molecule has 2 aromatic rings. The van der Waals surface area contributed by atoms with Gasteiger partial charge in [-0.1, -0.05) is 31.2 Å². The first-order chi connectivity index (χ1) is 11.5. The molecule has 0 radical (unpaired) electrons. The van der Waals surface area contributed by atoms with E-state index in [1.54, 1.807) is 43.3 Å². The number of benzene rings is 2. The van der Waals surface area contributed by atoms with Gasteiger partial charge < -0.3 is 16.0 Å². The van der Waals surface area contributed by atoms with Crippen LogP contribution < -0.4 is 16.0 Å². The van der Waals surface area contributed by atoms with Gasteiger partial charge in [0.2, 0.25) is 5.91 Å². The number of urea groups is 1. The lowest BCUT2D eigenvalue weighted by Gasteiger charge is -2.12. The molecule has 0 aliphatic carbocycles. The zero-order valence-corrected chi connectivity index (χ0v) is 13.7. The van der Waals surface area contributed by atoms with E-state index in [1.807, 2.05) is 6.92 Å². The number of aryl methyl sites for hydroxylation is 1. The van der Waals surface area contributed by atoms with E-state index >= 15 is 0 Å². The normalized spacial score (nSPS) is 10.1. The zero-order chi connectivity index (χ0) is 17.5. The second-order valence-electron chi connectivity index (χ2n) is 5.33. The summed E-state index contributed by atoms with van der Waals surface area (Å²) in [4.78, 5) is 23.5. The molecule has 2 aromatic carbocycles. The van der Waals surface area contributed by atoms with E-state index in [-0.39, 0.29) is 18.3 Å². The van der Waals surface area contributed by atoms with E-state index < -0.39 is 6.03 Å². The molecule has 6 heteroatoms. The molecule has 5 nitrogen and oxygen atoms in total. The third-order valence-corrected chi connectivity index (χ3v) is 3.49. The number of hydrogen-bond acceptors (Lipinski definition) is 2. The number of amides is 3. The van der Waals surface area contributed by atoms with Gasteiger partial charge >= 0.3 is 6.03 Å². The summed E-state index contributed by atoms with van der Waals surface area (Å²) >= 11 is 0. The maximum atomic E-state index is 13.5. The molecule has 0 bridgehead atoms. The van der Waals surface area contributed by atoms with Crippen LogP contribution in [0.5, 0.6) is 0 Å². The van der Waals surface area contributed by atoms with Crippen molar-refractivity contribution in [3.63, 3.8) is 0 Å². The van der Waals surface area contributed by atoms with Crippen LogP contribution in [0.2, 0.25) is 0 Å². The molecule has 0 aliphatic rings. The predicted octanol–water partition coefficient (Wildman–Crippen LogP) is 3.80. The molecule has 3 N–H and O–H groups in total. The van der Waals surface area contributed by atoms with Gasteiger partial charge in [-0.3, -0.25) is 4.79 Å². The Morgan fingerprint density at radius 3 is 2.54 bits per heavy atom. The highest BCUT2D eigenvalue weighted by molar-refractivity contribution is 5.94. The lowest BCUT2D eigenvalue weighted by atomic mass is 10.1. The van der Waals surface area contributed by atoms with E-state index in [4.69, 9.17) is 0 Å². The zero-order valence-electron chi connectivity index (χ0n) is 13.7. The molecule has 3 amide bonds. The summed E-state index contributed by atoms with van der Waals surface area (Å²) in [6, 6.07) is 11.1. The Bertz CT molecular complexity index is 747. The molecule has 0 spiro atoms. The third-order valence-electron chi connectivity index (χ3n) is 3.49. The molecule has 0 saturated carbocycles. The summed E-state index contributed by atoms with van der Waals surface area (Å²) in [6.45, 7) is 3.69. The molecule has 0 aromatic heterocycles. The van der Waals surface area contributed by atoms with E-state index in [0.29, 0.717) is 23.4 Å². The van der Waals surface area contributed by atoms with E-state index in [1.165, 1.54) is 6.07 Å². The van der Waals surface area contributed by atoms with Crippen molar-refractivity contribution in [1.29, 1.82) is 0 Å². The molecule has 0 unspecified atom stereocenters. The SMILES string of the molecule is CCC(=O)Nc1ccc(C)c(NC(=O)NCc2ccccc2F)c1. The van der Waals surface area contributed by atoms with Gasteiger partial charge in [0, 0.05) is 29.9 Å². The Balaban J connectivity index is 1.99. The standard InChI is InChI=1S/C18H20FN3O2/c1-3-17(23)21-14-9-8-12(2)16(10-14)22-18(24)20-11-13-6-4-5-7-15(13)19/h4-10H,3,11H2,1-2H3,(H,21,23)(H2,20,22,24). The number of rotatable bonds is 5. The predicted molar refractivity (Wildman–Crippen MR) is 92.4 cm³/mol. The fraction of sp³-hybridized carbons (Fsp3) is 0.222. The Kier molecular flexibility index (Phi) is 5.89. The van der Waals surface area contributed by atoms with Crippen LogP contribution >= 0.6 is 0 Å². The number of hydrogen-bond donors (Lipinski definition) is 3. The van der Waals surface area contributed by atoms with Crippen molar-refractivity contribution >= 4 is 23.3 Å². The van der Waals surface area contributed by atoms with E-state index in [9.17, 15) is 14.0 Å². The van der Waals surface area contributed by atoms with Gasteiger partial charge in [-0.05, 0) is 30.7 Å². The van der Waals surface area contributed by atoms with Crippen molar-refractivity contribution in [2.45, 2.75) is 26.8 Å². The minimum Gasteiger partial charge on any atom is -0.334 e. The smallest absolute Gasteiger partial charge is 0.319 e. The topological polar surface area (TPSA) is 70.2 Å². The van der Waals surface area contributed by atoms with Crippen molar-refractivity contribution in [1.82, 2.24) is 5.32 Å². The summed E-state index contributed by atoms with van der Waals surface area (Å²) in [7, 11) is 0. The fourth-order valence-corrected chi connectivity index (χ4v) is 2.07. The number of carbonyl (C=O) groups excluding carboxylic acids is 2. The fourth-order valence-electron chi connectivity index (χ4n) is 2.07. The second kappa shape index (κ2) is 8.10. The van der Waals surface area contributed by atoms with Crippen LogP contribution in [0.3, 0.4) is 0 Å². The van der Waals surface area contributed by atoms with Crippen molar-refractivity contribution in [2.75, 3.05) is 10.6 Å². The van der Waals surface area contributed by atoms with Crippen molar-refractivity contribution in [3.05, 3.63) is 59.4 Å². The van der Waals surface area contributed by atoms with Gasteiger partial charge in [0.15, 0.2) is 0 Å².